The first-order chi connectivity index (χ1) is 5.77. The summed E-state index contributed by atoms with van der Waals surface area (Å²) < 4.78 is 0. The summed E-state index contributed by atoms with van der Waals surface area (Å²) in [5.41, 5.74) is 1.71. The van der Waals surface area contributed by atoms with Crippen LogP contribution < -0.4 is 5.48 Å². The molecule has 0 aliphatic carbocycles. The molecule has 0 radical (unpaired) electrons. The van der Waals surface area contributed by atoms with Crippen molar-refractivity contribution in [2.45, 2.75) is 19.8 Å². The standard InChI is InChI=1S/C8H16N2O2/c1-2-10-5-3-7(4-6-10)8(11)9-12/h7,12H,2-6H2,1H3,(H,9,11). The molecule has 4 heteroatoms. The van der Waals surface area contributed by atoms with Crippen LogP contribution in [0.2, 0.25) is 0 Å². The third-order valence-electron chi connectivity index (χ3n) is 2.52. The number of amides is 1. The van der Waals surface area contributed by atoms with Crippen LogP contribution in [0.4, 0.5) is 0 Å². The number of carbonyl (C=O) groups excluding carboxylic acids is 1. The van der Waals surface area contributed by atoms with Crippen LogP contribution in [0.15, 0.2) is 0 Å². The number of rotatable bonds is 2. The highest BCUT2D eigenvalue weighted by Crippen LogP contribution is 2.16. The summed E-state index contributed by atoms with van der Waals surface area (Å²) in [6.45, 7) is 5.10. The fourth-order valence-corrected chi connectivity index (χ4v) is 1.60. The van der Waals surface area contributed by atoms with Crippen molar-refractivity contribution in [3.05, 3.63) is 0 Å². The lowest BCUT2D eigenvalue weighted by atomic mass is 9.96. The molecular formula is C8H16N2O2. The Morgan fingerprint density at radius 2 is 2.17 bits per heavy atom. The lowest BCUT2D eigenvalue weighted by Crippen LogP contribution is -2.39. The van der Waals surface area contributed by atoms with Gasteiger partial charge in [-0.15, -0.1) is 0 Å². The monoisotopic (exact) mass is 172 g/mol. The van der Waals surface area contributed by atoms with E-state index in [1.54, 1.807) is 5.48 Å². The molecule has 0 unspecified atom stereocenters. The van der Waals surface area contributed by atoms with E-state index >= 15 is 0 Å². The normalized spacial score (nSPS) is 20.8. The fourth-order valence-electron chi connectivity index (χ4n) is 1.60. The molecule has 0 aromatic rings. The molecule has 1 rings (SSSR count). The van der Waals surface area contributed by atoms with Gasteiger partial charge in [-0.2, -0.15) is 0 Å². The second-order valence-corrected chi connectivity index (χ2v) is 3.18. The number of hydroxylamine groups is 1. The molecule has 1 amide bonds. The van der Waals surface area contributed by atoms with Crippen LogP contribution in [0, 0.1) is 5.92 Å². The molecule has 1 saturated heterocycles. The number of hydrogen-bond donors (Lipinski definition) is 2. The Morgan fingerprint density at radius 1 is 1.58 bits per heavy atom. The van der Waals surface area contributed by atoms with Crippen LogP contribution in [-0.2, 0) is 4.79 Å². The first-order valence-corrected chi connectivity index (χ1v) is 4.44. The van der Waals surface area contributed by atoms with Crippen molar-refractivity contribution in [2.75, 3.05) is 19.6 Å². The zero-order valence-corrected chi connectivity index (χ0v) is 7.42. The minimum absolute atomic E-state index is 0.0119. The van der Waals surface area contributed by atoms with Crippen LogP contribution >= 0.6 is 0 Å². The third kappa shape index (κ3) is 2.19. The number of nitrogens with zero attached hydrogens (tertiary/aromatic N) is 1. The van der Waals surface area contributed by atoms with Crippen LogP contribution in [-0.4, -0.2) is 35.6 Å². The van der Waals surface area contributed by atoms with E-state index in [9.17, 15) is 4.79 Å². The van der Waals surface area contributed by atoms with E-state index in [0.29, 0.717) is 0 Å². The van der Waals surface area contributed by atoms with E-state index in [4.69, 9.17) is 5.21 Å². The zero-order chi connectivity index (χ0) is 8.97. The van der Waals surface area contributed by atoms with Gasteiger partial charge in [-0.25, -0.2) is 5.48 Å². The van der Waals surface area contributed by atoms with Crippen molar-refractivity contribution in [2.24, 2.45) is 5.92 Å². The zero-order valence-electron chi connectivity index (χ0n) is 7.42. The van der Waals surface area contributed by atoms with Crippen LogP contribution in [0.1, 0.15) is 19.8 Å². The van der Waals surface area contributed by atoms with Crippen molar-refractivity contribution in [3.63, 3.8) is 0 Å². The number of likely N-dealkylation sites (tertiary alicyclic amines) is 1. The molecule has 0 saturated carbocycles. The third-order valence-corrected chi connectivity index (χ3v) is 2.52. The average Bonchev–Trinajstić information content (AvgIpc) is 2.17. The summed E-state index contributed by atoms with van der Waals surface area (Å²) in [7, 11) is 0. The quantitative estimate of drug-likeness (QED) is 0.463. The van der Waals surface area contributed by atoms with Gasteiger partial charge in [-0.05, 0) is 32.5 Å². The summed E-state index contributed by atoms with van der Waals surface area (Å²) >= 11 is 0. The summed E-state index contributed by atoms with van der Waals surface area (Å²) in [5.74, 6) is -0.219. The van der Waals surface area contributed by atoms with Gasteiger partial charge >= 0.3 is 0 Å². The molecular weight excluding hydrogens is 156 g/mol. The second kappa shape index (κ2) is 4.42. The highest BCUT2D eigenvalue weighted by Gasteiger charge is 2.23. The summed E-state index contributed by atoms with van der Waals surface area (Å²) in [6.07, 6.45) is 1.72. The van der Waals surface area contributed by atoms with Gasteiger partial charge in [0.1, 0.15) is 0 Å². The fraction of sp³-hybridized carbons (Fsp3) is 0.875. The van der Waals surface area contributed by atoms with Gasteiger partial charge in [0.2, 0.25) is 5.91 Å². The van der Waals surface area contributed by atoms with E-state index in [1.807, 2.05) is 0 Å². The predicted octanol–water partition coefficient (Wildman–Crippen LogP) is 0.224. The summed E-state index contributed by atoms with van der Waals surface area (Å²) in [5, 5.41) is 8.40. The van der Waals surface area contributed by atoms with Gasteiger partial charge in [0.05, 0.1) is 0 Å². The molecule has 0 aromatic carbocycles. The summed E-state index contributed by atoms with van der Waals surface area (Å²) in [4.78, 5) is 13.3. The lowest BCUT2D eigenvalue weighted by Gasteiger charge is -2.29. The van der Waals surface area contributed by atoms with E-state index in [-0.39, 0.29) is 11.8 Å². The molecule has 70 valence electrons. The Kier molecular flexibility index (Phi) is 3.49. The Balaban J connectivity index is 2.30. The topological polar surface area (TPSA) is 52.6 Å². The van der Waals surface area contributed by atoms with Crippen molar-refractivity contribution in [1.82, 2.24) is 10.4 Å². The first kappa shape index (κ1) is 9.48. The molecule has 1 aliphatic heterocycles. The lowest BCUT2D eigenvalue weighted by molar-refractivity contribution is -0.134. The molecule has 4 nitrogen and oxygen atoms in total. The highest BCUT2D eigenvalue weighted by atomic mass is 16.5. The van der Waals surface area contributed by atoms with E-state index in [0.717, 1.165) is 32.5 Å². The number of carbonyl (C=O) groups is 1. The van der Waals surface area contributed by atoms with Crippen molar-refractivity contribution >= 4 is 5.91 Å². The SMILES string of the molecule is CCN1CCC(C(=O)NO)CC1. The largest absolute Gasteiger partial charge is 0.304 e. The van der Waals surface area contributed by atoms with E-state index in [1.165, 1.54) is 0 Å². The van der Waals surface area contributed by atoms with Crippen molar-refractivity contribution in [3.8, 4) is 0 Å². The maximum atomic E-state index is 11.0. The molecule has 12 heavy (non-hydrogen) atoms. The number of hydrogen-bond acceptors (Lipinski definition) is 3. The van der Waals surface area contributed by atoms with E-state index in [2.05, 4.69) is 11.8 Å². The molecule has 0 atom stereocenters. The molecule has 1 fully saturated rings. The van der Waals surface area contributed by atoms with Crippen LogP contribution in [0.5, 0.6) is 0 Å². The number of nitrogens with one attached hydrogen (secondary N) is 1. The Hall–Kier alpha value is -0.610. The molecule has 2 N–H and O–H groups in total. The minimum atomic E-state index is -0.231. The Labute approximate surface area is 72.5 Å². The van der Waals surface area contributed by atoms with Gasteiger partial charge in [-0.3, -0.25) is 10.0 Å². The average molecular weight is 172 g/mol. The highest BCUT2D eigenvalue weighted by molar-refractivity contribution is 5.77. The van der Waals surface area contributed by atoms with Gasteiger partial charge < -0.3 is 4.90 Å². The molecule has 0 aromatic heterocycles. The Bertz CT molecular complexity index is 153. The second-order valence-electron chi connectivity index (χ2n) is 3.18. The van der Waals surface area contributed by atoms with Gasteiger partial charge in [-0.1, -0.05) is 6.92 Å². The summed E-state index contributed by atoms with van der Waals surface area (Å²) in [6, 6.07) is 0. The molecule has 0 spiro atoms. The van der Waals surface area contributed by atoms with Gasteiger partial charge in [0.25, 0.3) is 0 Å². The maximum absolute atomic E-state index is 11.0. The molecule has 0 bridgehead atoms. The van der Waals surface area contributed by atoms with Gasteiger partial charge in [0, 0.05) is 5.92 Å². The molecule has 1 aliphatic rings. The van der Waals surface area contributed by atoms with Crippen molar-refractivity contribution in [1.29, 1.82) is 0 Å². The smallest absolute Gasteiger partial charge is 0.246 e. The first-order valence-electron chi connectivity index (χ1n) is 4.44. The molecule has 1 heterocycles. The van der Waals surface area contributed by atoms with Crippen molar-refractivity contribution < 1.29 is 10.0 Å². The predicted molar refractivity (Wildman–Crippen MR) is 44.8 cm³/mol. The van der Waals surface area contributed by atoms with E-state index < -0.39 is 0 Å². The Morgan fingerprint density at radius 3 is 2.58 bits per heavy atom. The minimum Gasteiger partial charge on any atom is -0.304 e. The van der Waals surface area contributed by atoms with Crippen LogP contribution in [0.3, 0.4) is 0 Å². The van der Waals surface area contributed by atoms with Gasteiger partial charge in [0.15, 0.2) is 0 Å². The van der Waals surface area contributed by atoms with Crippen LogP contribution in [0.25, 0.3) is 0 Å². The maximum Gasteiger partial charge on any atom is 0.246 e. The number of piperidine rings is 1.